The molecular weight excluding hydrogens is 220 g/mol. The lowest BCUT2D eigenvalue weighted by Crippen LogP contribution is -2.39. The van der Waals surface area contributed by atoms with Crippen molar-refractivity contribution in [3.63, 3.8) is 0 Å². The Kier molecular flexibility index (Phi) is 3.49. The van der Waals surface area contributed by atoms with Crippen LogP contribution in [0.4, 0.5) is 0 Å². The molecule has 1 aliphatic heterocycles. The van der Waals surface area contributed by atoms with E-state index in [1.165, 1.54) is 0 Å². The Hall–Kier alpha value is -1.75. The van der Waals surface area contributed by atoms with Gasteiger partial charge in [-0.05, 0) is 31.7 Å². The van der Waals surface area contributed by atoms with E-state index in [2.05, 4.69) is 10.6 Å². The van der Waals surface area contributed by atoms with Gasteiger partial charge >= 0.3 is 0 Å². The quantitative estimate of drug-likeness (QED) is 0.805. The number of likely N-dealkylation sites (N-methyl/N-ethyl adjacent to an activating group) is 1. The maximum absolute atomic E-state index is 11.6. The second kappa shape index (κ2) is 5.05. The minimum absolute atomic E-state index is 0.0230. The number of rotatable bonds is 4. The lowest BCUT2D eigenvalue weighted by atomic mass is 10.2. The highest BCUT2D eigenvalue weighted by molar-refractivity contribution is 5.81. The van der Waals surface area contributed by atoms with Crippen molar-refractivity contribution < 1.29 is 14.3 Å². The van der Waals surface area contributed by atoms with Crippen LogP contribution in [-0.4, -0.2) is 25.8 Å². The summed E-state index contributed by atoms with van der Waals surface area (Å²) in [6.07, 6.45) is 0. The molecule has 0 spiro atoms. The molecule has 0 saturated heterocycles. The SMILES string of the molecule is CNC(C)C(=O)NCc1ccc2c(c1)OCO2. The van der Waals surface area contributed by atoms with Gasteiger partial charge in [0.05, 0.1) is 6.04 Å². The molecule has 2 rings (SSSR count). The van der Waals surface area contributed by atoms with Crippen LogP contribution in [0.1, 0.15) is 12.5 Å². The number of ether oxygens (including phenoxy) is 2. The number of hydrogen-bond donors (Lipinski definition) is 2. The molecule has 0 aliphatic carbocycles. The lowest BCUT2D eigenvalue weighted by Gasteiger charge is -2.11. The minimum atomic E-state index is -0.191. The van der Waals surface area contributed by atoms with Gasteiger partial charge in [0.25, 0.3) is 0 Å². The van der Waals surface area contributed by atoms with Gasteiger partial charge in [0.1, 0.15) is 0 Å². The average molecular weight is 236 g/mol. The summed E-state index contributed by atoms with van der Waals surface area (Å²) in [5.41, 5.74) is 0.992. The van der Waals surface area contributed by atoms with Crippen LogP contribution in [0.3, 0.4) is 0 Å². The Morgan fingerprint density at radius 3 is 2.94 bits per heavy atom. The van der Waals surface area contributed by atoms with Gasteiger partial charge in [-0.15, -0.1) is 0 Å². The maximum Gasteiger partial charge on any atom is 0.237 e. The Morgan fingerprint density at radius 1 is 1.41 bits per heavy atom. The summed E-state index contributed by atoms with van der Waals surface area (Å²) in [6, 6.07) is 5.46. The molecule has 92 valence electrons. The third kappa shape index (κ3) is 2.68. The number of amides is 1. The number of carbonyl (C=O) groups excluding carboxylic acids is 1. The van der Waals surface area contributed by atoms with Crippen molar-refractivity contribution in [3.05, 3.63) is 23.8 Å². The standard InChI is InChI=1S/C12H16N2O3/c1-8(13-2)12(15)14-6-9-3-4-10-11(5-9)17-7-16-10/h3-5,8,13H,6-7H2,1-2H3,(H,14,15). The van der Waals surface area contributed by atoms with Crippen LogP contribution in [0.2, 0.25) is 0 Å². The Balaban J connectivity index is 1.93. The molecule has 5 nitrogen and oxygen atoms in total. The zero-order valence-corrected chi connectivity index (χ0v) is 9.95. The zero-order chi connectivity index (χ0) is 12.3. The molecule has 1 unspecified atom stereocenters. The van der Waals surface area contributed by atoms with Crippen LogP contribution in [0.5, 0.6) is 11.5 Å². The van der Waals surface area contributed by atoms with Crippen molar-refractivity contribution >= 4 is 5.91 Å². The summed E-state index contributed by atoms with van der Waals surface area (Å²) in [5.74, 6) is 1.47. The van der Waals surface area contributed by atoms with Crippen LogP contribution >= 0.6 is 0 Å². The summed E-state index contributed by atoms with van der Waals surface area (Å²) in [4.78, 5) is 11.6. The molecule has 1 aliphatic rings. The van der Waals surface area contributed by atoms with E-state index in [1.807, 2.05) is 25.1 Å². The predicted octanol–water partition coefficient (Wildman–Crippen LogP) is 0.639. The van der Waals surface area contributed by atoms with E-state index in [9.17, 15) is 4.79 Å². The van der Waals surface area contributed by atoms with Gasteiger partial charge < -0.3 is 20.1 Å². The van der Waals surface area contributed by atoms with Crippen molar-refractivity contribution in [3.8, 4) is 11.5 Å². The summed E-state index contributed by atoms with van der Waals surface area (Å²) in [7, 11) is 1.75. The molecule has 1 amide bonds. The first-order valence-electron chi connectivity index (χ1n) is 5.54. The molecule has 0 radical (unpaired) electrons. The van der Waals surface area contributed by atoms with Crippen LogP contribution < -0.4 is 20.1 Å². The van der Waals surface area contributed by atoms with Crippen molar-refractivity contribution in [2.45, 2.75) is 19.5 Å². The fraction of sp³-hybridized carbons (Fsp3) is 0.417. The maximum atomic E-state index is 11.6. The second-order valence-corrected chi connectivity index (χ2v) is 3.92. The molecule has 5 heteroatoms. The molecule has 1 heterocycles. The first kappa shape index (κ1) is 11.7. The zero-order valence-electron chi connectivity index (χ0n) is 9.95. The highest BCUT2D eigenvalue weighted by Gasteiger charge is 2.14. The molecular formula is C12H16N2O3. The molecule has 1 aromatic rings. The van der Waals surface area contributed by atoms with Crippen molar-refractivity contribution in [2.75, 3.05) is 13.8 Å². The van der Waals surface area contributed by atoms with Gasteiger partial charge in [0, 0.05) is 6.54 Å². The highest BCUT2D eigenvalue weighted by Crippen LogP contribution is 2.32. The molecule has 2 N–H and O–H groups in total. The van der Waals surface area contributed by atoms with Gasteiger partial charge in [-0.3, -0.25) is 4.79 Å². The van der Waals surface area contributed by atoms with Crippen molar-refractivity contribution in [2.24, 2.45) is 0 Å². The molecule has 1 aromatic carbocycles. The van der Waals surface area contributed by atoms with Crippen LogP contribution in [0.25, 0.3) is 0 Å². The van der Waals surface area contributed by atoms with E-state index in [1.54, 1.807) is 7.05 Å². The average Bonchev–Trinajstić information content (AvgIpc) is 2.82. The van der Waals surface area contributed by atoms with Gasteiger partial charge in [0.15, 0.2) is 11.5 Å². The minimum Gasteiger partial charge on any atom is -0.454 e. The lowest BCUT2D eigenvalue weighted by molar-refractivity contribution is -0.122. The molecule has 0 bridgehead atoms. The van der Waals surface area contributed by atoms with Crippen LogP contribution in [-0.2, 0) is 11.3 Å². The molecule has 0 aromatic heterocycles. The van der Waals surface area contributed by atoms with E-state index in [0.717, 1.165) is 17.1 Å². The Labute approximate surface area is 100 Å². The van der Waals surface area contributed by atoms with Crippen LogP contribution in [0.15, 0.2) is 18.2 Å². The van der Waals surface area contributed by atoms with E-state index < -0.39 is 0 Å². The summed E-state index contributed by atoms with van der Waals surface area (Å²) >= 11 is 0. The number of fused-ring (bicyclic) bond motifs is 1. The third-order valence-corrected chi connectivity index (χ3v) is 2.73. The summed E-state index contributed by atoms with van der Waals surface area (Å²) < 4.78 is 10.5. The largest absolute Gasteiger partial charge is 0.454 e. The first-order chi connectivity index (χ1) is 8.20. The Morgan fingerprint density at radius 2 is 2.18 bits per heavy atom. The summed E-state index contributed by atoms with van der Waals surface area (Å²) in [5, 5.41) is 5.73. The molecule has 0 fully saturated rings. The van der Waals surface area contributed by atoms with E-state index in [0.29, 0.717) is 6.54 Å². The number of hydrogen-bond acceptors (Lipinski definition) is 4. The van der Waals surface area contributed by atoms with Gasteiger partial charge in [-0.2, -0.15) is 0 Å². The van der Waals surface area contributed by atoms with Crippen molar-refractivity contribution in [1.29, 1.82) is 0 Å². The Bertz CT molecular complexity index is 420. The van der Waals surface area contributed by atoms with E-state index in [4.69, 9.17) is 9.47 Å². The highest BCUT2D eigenvalue weighted by atomic mass is 16.7. The predicted molar refractivity (Wildman–Crippen MR) is 62.9 cm³/mol. The fourth-order valence-corrected chi connectivity index (χ4v) is 1.52. The normalized spacial score (nSPS) is 14.5. The van der Waals surface area contributed by atoms with Gasteiger partial charge in [0.2, 0.25) is 12.7 Å². The second-order valence-electron chi connectivity index (χ2n) is 3.92. The van der Waals surface area contributed by atoms with Crippen LogP contribution in [0, 0.1) is 0 Å². The van der Waals surface area contributed by atoms with E-state index >= 15 is 0 Å². The number of nitrogens with one attached hydrogen (secondary N) is 2. The molecule has 17 heavy (non-hydrogen) atoms. The van der Waals surface area contributed by atoms with Gasteiger partial charge in [-0.25, -0.2) is 0 Å². The van der Waals surface area contributed by atoms with Crippen molar-refractivity contribution in [1.82, 2.24) is 10.6 Å². The molecule has 1 atom stereocenters. The third-order valence-electron chi connectivity index (χ3n) is 2.73. The number of benzene rings is 1. The van der Waals surface area contributed by atoms with Gasteiger partial charge in [-0.1, -0.05) is 6.07 Å². The number of carbonyl (C=O) groups is 1. The first-order valence-corrected chi connectivity index (χ1v) is 5.54. The smallest absolute Gasteiger partial charge is 0.237 e. The topological polar surface area (TPSA) is 59.6 Å². The molecule has 0 saturated carbocycles. The van der Waals surface area contributed by atoms with E-state index in [-0.39, 0.29) is 18.7 Å². The monoisotopic (exact) mass is 236 g/mol. The summed E-state index contributed by atoms with van der Waals surface area (Å²) in [6.45, 7) is 2.57. The fourth-order valence-electron chi connectivity index (χ4n) is 1.52.